The SMILES string of the molecule is C/C=C\C=C(/S)CC(=O)Nc1n[nH]c(-c2ccccn2)n1. The standard InChI is InChI=1S/C14H15N5OS/c1-2-3-6-10(21)9-12(20)16-14-17-13(18-19-14)11-7-4-5-8-15-11/h2-8,21H,9H2,1H3,(H2,16,17,18,19,20)/b3-2-,10-6-. The summed E-state index contributed by atoms with van der Waals surface area (Å²) in [5.41, 5.74) is 0.661. The molecule has 0 bridgehead atoms. The van der Waals surface area contributed by atoms with Crippen molar-refractivity contribution in [2.24, 2.45) is 0 Å². The Balaban J connectivity index is 1.98. The number of pyridine rings is 1. The third-order valence-electron chi connectivity index (χ3n) is 2.47. The quantitative estimate of drug-likeness (QED) is 0.585. The van der Waals surface area contributed by atoms with Crippen LogP contribution in [0.1, 0.15) is 13.3 Å². The fourth-order valence-corrected chi connectivity index (χ4v) is 1.76. The number of thiol groups is 1. The molecule has 7 heteroatoms. The first kappa shape index (κ1) is 15.0. The molecule has 1 amide bonds. The molecule has 0 saturated heterocycles. The Bertz CT molecular complexity index is 663. The number of rotatable bonds is 5. The average molecular weight is 301 g/mol. The van der Waals surface area contributed by atoms with Gasteiger partial charge in [-0.3, -0.25) is 20.2 Å². The van der Waals surface area contributed by atoms with Gasteiger partial charge in [-0.1, -0.05) is 24.3 Å². The summed E-state index contributed by atoms with van der Waals surface area (Å²) in [6, 6.07) is 5.47. The van der Waals surface area contributed by atoms with E-state index >= 15 is 0 Å². The summed E-state index contributed by atoms with van der Waals surface area (Å²) in [6.45, 7) is 1.89. The van der Waals surface area contributed by atoms with E-state index in [9.17, 15) is 4.79 Å². The van der Waals surface area contributed by atoms with E-state index in [1.165, 1.54) is 0 Å². The van der Waals surface area contributed by atoms with E-state index in [1.807, 2.05) is 31.2 Å². The number of hydrogen-bond acceptors (Lipinski definition) is 5. The van der Waals surface area contributed by atoms with Gasteiger partial charge in [0.2, 0.25) is 11.9 Å². The van der Waals surface area contributed by atoms with E-state index in [1.54, 1.807) is 18.3 Å². The van der Waals surface area contributed by atoms with Gasteiger partial charge in [0.25, 0.3) is 0 Å². The molecule has 2 aromatic heterocycles. The van der Waals surface area contributed by atoms with Crippen molar-refractivity contribution >= 4 is 24.5 Å². The van der Waals surface area contributed by atoms with Crippen LogP contribution in [0.25, 0.3) is 11.5 Å². The fraction of sp³-hybridized carbons (Fsp3) is 0.143. The zero-order chi connectivity index (χ0) is 15.1. The molecular weight excluding hydrogens is 286 g/mol. The Hall–Kier alpha value is -2.41. The highest BCUT2D eigenvalue weighted by atomic mass is 32.1. The number of amides is 1. The van der Waals surface area contributed by atoms with Gasteiger partial charge in [-0.05, 0) is 24.0 Å². The third-order valence-corrected chi connectivity index (χ3v) is 2.77. The van der Waals surface area contributed by atoms with Gasteiger partial charge in [0.05, 0.1) is 6.42 Å². The molecule has 0 radical (unpaired) electrons. The molecule has 21 heavy (non-hydrogen) atoms. The Morgan fingerprint density at radius 1 is 1.48 bits per heavy atom. The van der Waals surface area contributed by atoms with Gasteiger partial charge in [0.1, 0.15) is 5.69 Å². The van der Waals surface area contributed by atoms with Crippen molar-refractivity contribution in [2.75, 3.05) is 5.32 Å². The molecule has 0 atom stereocenters. The number of H-pyrrole nitrogens is 1. The predicted molar refractivity (Wildman–Crippen MR) is 84.7 cm³/mol. The van der Waals surface area contributed by atoms with Gasteiger partial charge in [-0.15, -0.1) is 17.7 Å². The van der Waals surface area contributed by atoms with E-state index in [-0.39, 0.29) is 18.3 Å². The number of allylic oxidation sites excluding steroid dienone is 3. The van der Waals surface area contributed by atoms with Crippen molar-refractivity contribution in [2.45, 2.75) is 13.3 Å². The number of aromatic amines is 1. The van der Waals surface area contributed by atoms with Gasteiger partial charge >= 0.3 is 0 Å². The summed E-state index contributed by atoms with van der Waals surface area (Å²) < 4.78 is 0. The summed E-state index contributed by atoms with van der Waals surface area (Å²) in [5, 5.41) is 9.27. The van der Waals surface area contributed by atoms with E-state index in [0.717, 1.165) is 0 Å². The van der Waals surface area contributed by atoms with Crippen LogP contribution >= 0.6 is 12.6 Å². The Morgan fingerprint density at radius 3 is 3.05 bits per heavy atom. The first-order valence-corrected chi connectivity index (χ1v) is 6.78. The van der Waals surface area contributed by atoms with Crippen LogP contribution in [0.5, 0.6) is 0 Å². The number of aromatic nitrogens is 4. The molecule has 0 aliphatic rings. The number of anilines is 1. The van der Waals surface area contributed by atoms with Crippen LogP contribution < -0.4 is 5.32 Å². The van der Waals surface area contributed by atoms with E-state index in [4.69, 9.17) is 0 Å². The first-order valence-electron chi connectivity index (χ1n) is 6.33. The van der Waals surface area contributed by atoms with Crippen molar-refractivity contribution in [3.63, 3.8) is 0 Å². The molecular formula is C14H15N5OS. The first-order chi connectivity index (χ1) is 10.2. The summed E-state index contributed by atoms with van der Waals surface area (Å²) >= 11 is 4.22. The molecule has 0 fully saturated rings. The van der Waals surface area contributed by atoms with Crippen LogP contribution in [-0.4, -0.2) is 26.1 Å². The highest BCUT2D eigenvalue weighted by Gasteiger charge is 2.09. The minimum Gasteiger partial charge on any atom is -0.293 e. The minimum atomic E-state index is -0.229. The predicted octanol–water partition coefficient (Wildman–Crippen LogP) is 2.59. The number of nitrogens with one attached hydrogen (secondary N) is 2. The summed E-state index contributed by atoms with van der Waals surface area (Å²) in [7, 11) is 0. The lowest BCUT2D eigenvalue weighted by Crippen LogP contribution is -2.12. The Morgan fingerprint density at radius 2 is 2.33 bits per heavy atom. The molecule has 108 valence electrons. The fourth-order valence-electron chi connectivity index (χ4n) is 1.53. The largest absolute Gasteiger partial charge is 0.293 e. The number of carbonyl (C=O) groups is 1. The summed E-state index contributed by atoms with van der Waals surface area (Å²) in [4.78, 5) is 20.8. The van der Waals surface area contributed by atoms with Crippen molar-refractivity contribution in [1.82, 2.24) is 20.2 Å². The Kier molecular flexibility index (Phi) is 5.28. The molecule has 2 aromatic rings. The zero-order valence-electron chi connectivity index (χ0n) is 11.4. The molecule has 0 aliphatic carbocycles. The second kappa shape index (κ2) is 7.39. The van der Waals surface area contributed by atoms with Gasteiger partial charge < -0.3 is 0 Å². The average Bonchev–Trinajstić information content (AvgIpc) is 2.94. The van der Waals surface area contributed by atoms with Crippen LogP contribution in [0.3, 0.4) is 0 Å². The van der Waals surface area contributed by atoms with Crippen molar-refractivity contribution in [3.8, 4) is 11.5 Å². The van der Waals surface area contributed by atoms with Gasteiger partial charge in [-0.25, -0.2) is 0 Å². The van der Waals surface area contributed by atoms with Gasteiger partial charge in [-0.2, -0.15) is 4.98 Å². The van der Waals surface area contributed by atoms with Crippen LogP contribution in [0.15, 0.2) is 47.5 Å². The smallest absolute Gasteiger partial charge is 0.249 e. The van der Waals surface area contributed by atoms with Crippen LogP contribution in [-0.2, 0) is 4.79 Å². The van der Waals surface area contributed by atoms with E-state index in [2.05, 4.69) is 38.1 Å². The van der Waals surface area contributed by atoms with Crippen molar-refractivity contribution in [3.05, 3.63) is 47.5 Å². The molecule has 2 rings (SSSR count). The topological polar surface area (TPSA) is 83.6 Å². The van der Waals surface area contributed by atoms with E-state index in [0.29, 0.717) is 16.4 Å². The lowest BCUT2D eigenvalue weighted by molar-refractivity contribution is -0.115. The maximum absolute atomic E-state index is 11.8. The molecule has 6 nitrogen and oxygen atoms in total. The highest BCUT2D eigenvalue weighted by molar-refractivity contribution is 7.84. The maximum Gasteiger partial charge on any atom is 0.249 e. The molecule has 0 aliphatic heterocycles. The monoisotopic (exact) mass is 301 g/mol. The van der Waals surface area contributed by atoms with Crippen LogP contribution in [0, 0.1) is 0 Å². The second-order valence-electron chi connectivity index (χ2n) is 4.13. The molecule has 0 saturated carbocycles. The normalized spacial score (nSPS) is 11.8. The summed E-state index contributed by atoms with van der Waals surface area (Å²) in [6.07, 6.45) is 7.28. The maximum atomic E-state index is 11.8. The highest BCUT2D eigenvalue weighted by Crippen LogP contribution is 2.13. The molecule has 2 heterocycles. The zero-order valence-corrected chi connectivity index (χ0v) is 12.3. The summed E-state index contributed by atoms with van der Waals surface area (Å²) in [5.74, 6) is 0.488. The number of carbonyl (C=O) groups excluding carboxylic acids is 1. The third kappa shape index (κ3) is 4.57. The second-order valence-corrected chi connectivity index (χ2v) is 4.71. The Labute approximate surface area is 127 Å². The number of nitrogens with zero attached hydrogens (tertiary/aromatic N) is 3. The molecule has 2 N–H and O–H groups in total. The van der Waals surface area contributed by atoms with Gasteiger partial charge in [0.15, 0.2) is 5.82 Å². The van der Waals surface area contributed by atoms with E-state index < -0.39 is 0 Å². The molecule has 0 spiro atoms. The minimum absolute atomic E-state index is 0.168. The molecule has 0 aromatic carbocycles. The lowest BCUT2D eigenvalue weighted by atomic mass is 10.3. The lowest BCUT2D eigenvalue weighted by Gasteiger charge is -1.99. The van der Waals surface area contributed by atoms with Gasteiger partial charge in [0, 0.05) is 6.20 Å². The molecule has 0 unspecified atom stereocenters. The van der Waals surface area contributed by atoms with Crippen molar-refractivity contribution in [1.29, 1.82) is 0 Å². The van der Waals surface area contributed by atoms with Crippen LogP contribution in [0.2, 0.25) is 0 Å². The number of hydrogen-bond donors (Lipinski definition) is 3. The van der Waals surface area contributed by atoms with Crippen LogP contribution in [0.4, 0.5) is 5.95 Å². The van der Waals surface area contributed by atoms with Crippen molar-refractivity contribution < 1.29 is 4.79 Å².